The highest BCUT2D eigenvalue weighted by atomic mass is 35.5. The molecule has 9 heteroatoms. The number of hydrogen-bond donors (Lipinski definition) is 2. The van der Waals surface area contributed by atoms with Crippen LogP contribution < -0.4 is 15.6 Å². The van der Waals surface area contributed by atoms with Gasteiger partial charge in [0.05, 0.1) is 5.75 Å². The molecule has 156 valence electrons. The van der Waals surface area contributed by atoms with Crippen LogP contribution in [0.1, 0.15) is 34.0 Å². The van der Waals surface area contributed by atoms with Crippen molar-refractivity contribution in [1.29, 1.82) is 0 Å². The number of sulfone groups is 1. The molecule has 0 aliphatic heterocycles. The molecule has 0 spiro atoms. The van der Waals surface area contributed by atoms with Crippen molar-refractivity contribution < 1.29 is 22.7 Å². The van der Waals surface area contributed by atoms with Gasteiger partial charge in [0.15, 0.2) is 15.9 Å². The molecular weight excluding hydrogens is 416 g/mol. The van der Waals surface area contributed by atoms with Crippen LogP contribution in [0.25, 0.3) is 0 Å². The van der Waals surface area contributed by atoms with E-state index < -0.39 is 27.8 Å². The Morgan fingerprint density at radius 2 is 1.72 bits per heavy atom. The SMILES string of the molecule is Cc1cc(Cl)cc(C)c1OC(C)C(=O)NNC(=O)c1cccc(CS(C)(=O)=O)c1. The van der Waals surface area contributed by atoms with Gasteiger partial charge in [0.1, 0.15) is 5.75 Å². The van der Waals surface area contributed by atoms with Crippen LogP contribution in [0.4, 0.5) is 0 Å². The molecule has 1 unspecified atom stereocenters. The maximum Gasteiger partial charge on any atom is 0.279 e. The number of carbonyl (C=O) groups is 2. The summed E-state index contributed by atoms with van der Waals surface area (Å²) in [5, 5.41) is 0.579. The van der Waals surface area contributed by atoms with Crippen molar-refractivity contribution in [2.24, 2.45) is 0 Å². The molecule has 2 rings (SSSR count). The lowest BCUT2D eigenvalue weighted by Gasteiger charge is -2.18. The van der Waals surface area contributed by atoms with Crippen LogP contribution in [-0.4, -0.2) is 32.6 Å². The number of amides is 2. The van der Waals surface area contributed by atoms with E-state index >= 15 is 0 Å². The molecule has 0 bridgehead atoms. The van der Waals surface area contributed by atoms with Crippen LogP contribution in [0.5, 0.6) is 5.75 Å². The van der Waals surface area contributed by atoms with Gasteiger partial charge in [0, 0.05) is 16.8 Å². The Hall–Kier alpha value is -2.58. The van der Waals surface area contributed by atoms with Crippen LogP contribution >= 0.6 is 11.6 Å². The van der Waals surface area contributed by atoms with Crippen LogP contribution in [-0.2, 0) is 20.4 Å². The molecule has 0 fully saturated rings. The van der Waals surface area contributed by atoms with Gasteiger partial charge in [-0.1, -0.05) is 23.7 Å². The summed E-state index contributed by atoms with van der Waals surface area (Å²) in [4.78, 5) is 24.5. The van der Waals surface area contributed by atoms with E-state index in [4.69, 9.17) is 16.3 Å². The van der Waals surface area contributed by atoms with E-state index in [0.717, 1.165) is 17.4 Å². The predicted molar refractivity (Wildman–Crippen MR) is 112 cm³/mol. The zero-order valence-electron chi connectivity index (χ0n) is 16.6. The molecule has 2 amide bonds. The predicted octanol–water partition coefficient (Wildman–Crippen LogP) is 2.73. The van der Waals surface area contributed by atoms with Gasteiger partial charge in [-0.05, 0) is 61.7 Å². The fourth-order valence-corrected chi connectivity index (χ4v) is 3.82. The van der Waals surface area contributed by atoms with Crippen molar-refractivity contribution >= 4 is 33.3 Å². The zero-order chi connectivity index (χ0) is 21.8. The fraction of sp³-hybridized carbons (Fsp3) is 0.300. The van der Waals surface area contributed by atoms with Gasteiger partial charge in [-0.15, -0.1) is 0 Å². The highest BCUT2D eigenvalue weighted by molar-refractivity contribution is 7.89. The maximum atomic E-state index is 12.3. The van der Waals surface area contributed by atoms with Gasteiger partial charge < -0.3 is 4.74 Å². The first-order valence-corrected chi connectivity index (χ1v) is 11.2. The highest BCUT2D eigenvalue weighted by Crippen LogP contribution is 2.27. The molecule has 29 heavy (non-hydrogen) atoms. The van der Waals surface area contributed by atoms with Crippen molar-refractivity contribution in [2.75, 3.05) is 6.26 Å². The van der Waals surface area contributed by atoms with Crippen LogP contribution in [0.15, 0.2) is 36.4 Å². The third kappa shape index (κ3) is 6.76. The summed E-state index contributed by atoms with van der Waals surface area (Å²) in [7, 11) is -3.22. The smallest absolute Gasteiger partial charge is 0.279 e. The Kier molecular flexibility index (Phi) is 7.26. The van der Waals surface area contributed by atoms with Crippen LogP contribution in [0.3, 0.4) is 0 Å². The molecule has 2 aromatic rings. The van der Waals surface area contributed by atoms with Gasteiger partial charge in [-0.3, -0.25) is 20.4 Å². The van der Waals surface area contributed by atoms with Gasteiger partial charge >= 0.3 is 0 Å². The quantitative estimate of drug-likeness (QED) is 0.675. The number of halogens is 1. The molecule has 0 radical (unpaired) electrons. The number of carbonyl (C=O) groups excluding carboxylic acids is 2. The van der Waals surface area contributed by atoms with E-state index in [2.05, 4.69) is 10.9 Å². The lowest BCUT2D eigenvalue weighted by molar-refractivity contribution is -0.128. The Balaban J connectivity index is 1.98. The van der Waals surface area contributed by atoms with Gasteiger partial charge in [-0.2, -0.15) is 0 Å². The largest absolute Gasteiger partial charge is 0.480 e. The van der Waals surface area contributed by atoms with E-state index in [-0.39, 0.29) is 11.3 Å². The van der Waals surface area contributed by atoms with Crippen LogP contribution in [0, 0.1) is 13.8 Å². The second-order valence-electron chi connectivity index (χ2n) is 6.84. The summed E-state index contributed by atoms with van der Waals surface area (Å²) in [6.45, 7) is 5.20. The molecule has 0 aliphatic rings. The molecule has 7 nitrogen and oxygen atoms in total. The van der Waals surface area contributed by atoms with E-state index in [1.807, 2.05) is 13.8 Å². The second-order valence-corrected chi connectivity index (χ2v) is 9.42. The number of nitrogens with one attached hydrogen (secondary N) is 2. The molecule has 0 saturated heterocycles. The third-order valence-electron chi connectivity index (χ3n) is 4.01. The summed E-state index contributed by atoms with van der Waals surface area (Å²) in [6, 6.07) is 9.65. The maximum absolute atomic E-state index is 12.3. The Morgan fingerprint density at radius 1 is 1.10 bits per heavy atom. The van der Waals surface area contributed by atoms with Crippen molar-refractivity contribution in [3.8, 4) is 5.75 Å². The average Bonchev–Trinajstić information content (AvgIpc) is 2.60. The zero-order valence-corrected chi connectivity index (χ0v) is 18.1. The first-order valence-electron chi connectivity index (χ1n) is 8.76. The minimum Gasteiger partial charge on any atom is -0.480 e. The molecule has 2 aromatic carbocycles. The third-order valence-corrected chi connectivity index (χ3v) is 5.08. The minimum absolute atomic E-state index is 0.175. The number of ether oxygens (including phenoxy) is 1. The summed E-state index contributed by atoms with van der Waals surface area (Å²) in [5.74, 6) is -0.735. The number of rotatable bonds is 6. The monoisotopic (exact) mass is 438 g/mol. The molecule has 2 N–H and O–H groups in total. The summed E-state index contributed by atoms with van der Waals surface area (Å²) < 4.78 is 28.5. The van der Waals surface area contributed by atoms with E-state index in [1.54, 1.807) is 31.2 Å². The fourth-order valence-electron chi connectivity index (χ4n) is 2.71. The van der Waals surface area contributed by atoms with Crippen molar-refractivity contribution in [2.45, 2.75) is 32.6 Å². The number of hydrazine groups is 1. The van der Waals surface area contributed by atoms with Gasteiger partial charge in [0.2, 0.25) is 0 Å². The van der Waals surface area contributed by atoms with E-state index in [1.165, 1.54) is 12.1 Å². The molecule has 1 atom stereocenters. The molecule has 0 aromatic heterocycles. The van der Waals surface area contributed by atoms with Crippen molar-refractivity contribution in [3.05, 3.63) is 63.7 Å². The molecule has 0 heterocycles. The minimum atomic E-state index is -3.22. The van der Waals surface area contributed by atoms with E-state index in [9.17, 15) is 18.0 Å². The van der Waals surface area contributed by atoms with Gasteiger partial charge in [-0.25, -0.2) is 8.42 Å². The topological polar surface area (TPSA) is 102 Å². The summed E-state index contributed by atoms with van der Waals surface area (Å²) >= 11 is 5.99. The van der Waals surface area contributed by atoms with Gasteiger partial charge in [0.25, 0.3) is 11.8 Å². The lowest BCUT2D eigenvalue weighted by atomic mass is 10.1. The Bertz CT molecular complexity index is 1010. The Morgan fingerprint density at radius 3 is 2.31 bits per heavy atom. The molecular formula is C20H23ClN2O5S. The Labute approximate surface area is 175 Å². The van der Waals surface area contributed by atoms with Crippen LogP contribution in [0.2, 0.25) is 5.02 Å². The lowest BCUT2D eigenvalue weighted by Crippen LogP contribution is -2.47. The first kappa shape index (κ1) is 22.7. The second kappa shape index (κ2) is 9.28. The normalized spacial score (nSPS) is 12.2. The summed E-state index contributed by atoms with van der Waals surface area (Å²) in [6.07, 6.45) is 0.247. The number of benzene rings is 2. The standard InChI is InChI=1S/C20H23ClN2O5S/c1-12-8-17(21)9-13(2)18(12)28-14(3)19(24)22-23-20(25)16-7-5-6-15(10-16)11-29(4,26)27/h5-10,14H,11H2,1-4H3,(H,22,24)(H,23,25). The van der Waals surface area contributed by atoms with Crippen molar-refractivity contribution in [1.82, 2.24) is 10.9 Å². The highest BCUT2D eigenvalue weighted by Gasteiger charge is 2.18. The molecule has 0 aliphatic carbocycles. The van der Waals surface area contributed by atoms with Crippen molar-refractivity contribution in [3.63, 3.8) is 0 Å². The van der Waals surface area contributed by atoms with E-state index in [0.29, 0.717) is 16.3 Å². The summed E-state index contributed by atoms with van der Waals surface area (Å²) in [5.41, 5.74) is 6.91. The average molecular weight is 439 g/mol. The molecule has 0 saturated carbocycles. The first-order chi connectivity index (χ1) is 13.5. The number of hydrogen-bond acceptors (Lipinski definition) is 5. The number of aryl methyl sites for hydroxylation is 2.